The van der Waals surface area contributed by atoms with Crippen molar-refractivity contribution in [3.8, 4) is 0 Å². The molecular formula is C11H19NO2. The zero-order chi connectivity index (χ0) is 10.8. The van der Waals surface area contributed by atoms with Crippen LogP contribution < -0.4 is 5.32 Å². The quantitative estimate of drug-likeness (QED) is 0.774. The van der Waals surface area contributed by atoms with E-state index in [0.717, 1.165) is 11.5 Å². The largest absolute Gasteiger partial charge is 0.465 e. The highest BCUT2D eigenvalue weighted by Crippen LogP contribution is 2.10. The summed E-state index contributed by atoms with van der Waals surface area (Å²) in [7, 11) is 0. The van der Waals surface area contributed by atoms with Crippen LogP contribution in [0.3, 0.4) is 0 Å². The molecule has 0 fully saturated rings. The van der Waals surface area contributed by atoms with E-state index in [9.17, 15) is 5.11 Å². The molecule has 14 heavy (non-hydrogen) atoms. The van der Waals surface area contributed by atoms with E-state index in [1.54, 1.807) is 13.8 Å². The van der Waals surface area contributed by atoms with Crippen LogP contribution in [0.5, 0.6) is 0 Å². The Labute approximate surface area is 85.1 Å². The zero-order valence-corrected chi connectivity index (χ0v) is 9.29. The van der Waals surface area contributed by atoms with E-state index in [-0.39, 0.29) is 6.04 Å². The Balaban J connectivity index is 2.41. The highest BCUT2D eigenvalue weighted by atomic mass is 16.3. The van der Waals surface area contributed by atoms with Gasteiger partial charge in [0.2, 0.25) is 0 Å². The van der Waals surface area contributed by atoms with Crippen molar-refractivity contribution in [2.75, 3.05) is 0 Å². The summed E-state index contributed by atoms with van der Waals surface area (Å²) in [6.07, 6.45) is 0. The minimum atomic E-state index is -0.707. The third kappa shape index (κ3) is 3.16. The molecule has 3 heteroatoms. The molecule has 0 aliphatic heterocycles. The molecule has 2 N–H and O–H groups in total. The van der Waals surface area contributed by atoms with Crippen molar-refractivity contribution < 1.29 is 9.52 Å². The van der Waals surface area contributed by atoms with Crippen LogP contribution in [0.2, 0.25) is 0 Å². The van der Waals surface area contributed by atoms with Crippen LogP contribution in [0.1, 0.15) is 32.3 Å². The van der Waals surface area contributed by atoms with Crippen LogP contribution in [0, 0.1) is 6.92 Å². The lowest BCUT2D eigenvalue weighted by Gasteiger charge is -2.26. The van der Waals surface area contributed by atoms with E-state index < -0.39 is 5.60 Å². The smallest absolute Gasteiger partial charge is 0.117 e. The van der Waals surface area contributed by atoms with Gasteiger partial charge < -0.3 is 14.8 Å². The van der Waals surface area contributed by atoms with Gasteiger partial charge in [-0.3, -0.25) is 0 Å². The average Bonchev–Trinajstić information content (AvgIpc) is 2.45. The highest BCUT2D eigenvalue weighted by Gasteiger charge is 2.21. The van der Waals surface area contributed by atoms with Gasteiger partial charge in [-0.15, -0.1) is 0 Å². The minimum absolute atomic E-state index is 0.0351. The SMILES string of the molecule is Cc1ccc(CNC(C)C(C)(C)O)o1. The summed E-state index contributed by atoms with van der Waals surface area (Å²) in [5.74, 6) is 1.82. The molecule has 0 aliphatic carbocycles. The van der Waals surface area contributed by atoms with Crippen LogP contribution in [0.25, 0.3) is 0 Å². The molecule has 0 radical (unpaired) electrons. The van der Waals surface area contributed by atoms with Gasteiger partial charge >= 0.3 is 0 Å². The van der Waals surface area contributed by atoms with Gasteiger partial charge in [0.1, 0.15) is 11.5 Å². The van der Waals surface area contributed by atoms with E-state index in [4.69, 9.17) is 4.42 Å². The van der Waals surface area contributed by atoms with Crippen molar-refractivity contribution in [2.45, 2.75) is 45.9 Å². The van der Waals surface area contributed by atoms with Gasteiger partial charge in [-0.1, -0.05) is 0 Å². The molecule has 1 rings (SSSR count). The second-order valence-electron chi connectivity index (χ2n) is 4.27. The fourth-order valence-corrected chi connectivity index (χ4v) is 1.08. The lowest BCUT2D eigenvalue weighted by Crippen LogP contribution is -2.44. The Hall–Kier alpha value is -0.800. The second-order valence-corrected chi connectivity index (χ2v) is 4.27. The zero-order valence-electron chi connectivity index (χ0n) is 9.29. The van der Waals surface area contributed by atoms with Crippen molar-refractivity contribution in [1.29, 1.82) is 0 Å². The summed E-state index contributed by atoms with van der Waals surface area (Å²) in [5.41, 5.74) is -0.707. The van der Waals surface area contributed by atoms with E-state index >= 15 is 0 Å². The Morgan fingerprint density at radius 1 is 1.50 bits per heavy atom. The monoisotopic (exact) mass is 197 g/mol. The van der Waals surface area contributed by atoms with Crippen LogP contribution in [-0.2, 0) is 6.54 Å². The first-order chi connectivity index (χ1) is 6.39. The van der Waals surface area contributed by atoms with Crippen LogP contribution >= 0.6 is 0 Å². The number of hydrogen-bond donors (Lipinski definition) is 2. The maximum absolute atomic E-state index is 9.68. The number of aliphatic hydroxyl groups is 1. The van der Waals surface area contributed by atoms with Gasteiger partial charge in [-0.2, -0.15) is 0 Å². The number of nitrogens with one attached hydrogen (secondary N) is 1. The van der Waals surface area contributed by atoms with Gasteiger partial charge in [0.05, 0.1) is 12.1 Å². The molecule has 0 aliphatic rings. The summed E-state index contributed by atoms with van der Waals surface area (Å²) in [6, 6.07) is 3.92. The van der Waals surface area contributed by atoms with Crippen molar-refractivity contribution in [1.82, 2.24) is 5.32 Å². The Kier molecular flexibility index (Phi) is 3.34. The molecule has 0 bridgehead atoms. The molecule has 1 atom stereocenters. The highest BCUT2D eigenvalue weighted by molar-refractivity contribution is 5.05. The van der Waals surface area contributed by atoms with Gasteiger partial charge in [0.15, 0.2) is 0 Å². The van der Waals surface area contributed by atoms with Gasteiger partial charge in [-0.05, 0) is 39.8 Å². The van der Waals surface area contributed by atoms with E-state index in [1.165, 1.54) is 0 Å². The fourth-order valence-electron chi connectivity index (χ4n) is 1.08. The fraction of sp³-hybridized carbons (Fsp3) is 0.636. The predicted molar refractivity (Wildman–Crippen MR) is 56.0 cm³/mol. The lowest BCUT2D eigenvalue weighted by molar-refractivity contribution is 0.0431. The van der Waals surface area contributed by atoms with Crippen molar-refractivity contribution in [2.24, 2.45) is 0 Å². The molecule has 1 aromatic heterocycles. The molecule has 80 valence electrons. The Morgan fingerprint density at radius 2 is 2.14 bits per heavy atom. The molecule has 3 nitrogen and oxygen atoms in total. The number of furan rings is 1. The molecule has 1 unspecified atom stereocenters. The molecule has 0 amide bonds. The summed E-state index contributed by atoms with van der Waals surface area (Å²) in [4.78, 5) is 0. The minimum Gasteiger partial charge on any atom is -0.465 e. The molecule has 1 heterocycles. The van der Waals surface area contributed by atoms with Crippen LogP contribution in [0.4, 0.5) is 0 Å². The number of aryl methyl sites for hydroxylation is 1. The Morgan fingerprint density at radius 3 is 2.57 bits per heavy atom. The first kappa shape index (κ1) is 11.3. The third-order valence-electron chi connectivity index (χ3n) is 2.44. The molecular weight excluding hydrogens is 178 g/mol. The average molecular weight is 197 g/mol. The number of rotatable bonds is 4. The number of hydrogen-bond acceptors (Lipinski definition) is 3. The molecule has 0 aromatic carbocycles. The van der Waals surface area contributed by atoms with Crippen LogP contribution in [0.15, 0.2) is 16.5 Å². The van der Waals surface area contributed by atoms with E-state index in [0.29, 0.717) is 6.54 Å². The second kappa shape index (κ2) is 4.15. The third-order valence-corrected chi connectivity index (χ3v) is 2.44. The molecule has 0 spiro atoms. The van der Waals surface area contributed by atoms with Crippen molar-refractivity contribution in [3.63, 3.8) is 0 Å². The van der Waals surface area contributed by atoms with Crippen molar-refractivity contribution in [3.05, 3.63) is 23.7 Å². The molecule has 0 saturated carbocycles. The normalized spacial score (nSPS) is 14.4. The predicted octanol–water partition coefficient (Wildman–Crippen LogP) is 1.84. The standard InChI is InChI=1S/C11H19NO2/c1-8-5-6-10(14-8)7-12-9(2)11(3,4)13/h5-6,9,12-13H,7H2,1-4H3. The maximum Gasteiger partial charge on any atom is 0.117 e. The van der Waals surface area contributed by atoms with Crippen molar-refractivity contribution >= 4 is 0 Å². The molecule has 0 saturated heterocycles. The Bertz CT molecular complexity index is 286. The summed E-state index contributed by atoms with van der Waals surface area (Å²) in [6.45, 7) is 8.10. The summed E-state index contributed by atoms with van der Waals surface area (Å²) >= 11 is 0. The maximum atomic E-state index is 9.68. The lowest BCUT2D eigenvalue weighted by atomic mass is 10.0. The molecule has 1 aromatic rings. The first-order valence-electron chi connectivity index (χ1n) is 4.90. The van der Waals surface area contributed by atoms with E-state index in [2.05, 4.69) is 5.32 Å². The van der Waals surface area contributed by atoms with Crippen LogP contribution in [-0.4, -0.2) is 16.7 Å². The topological polar surface area (TPSA) is 45.4 Å². The summed E-state index contributed by atoms with van der Waals surface area (Å²) < 4.78 is 5.40. The van der Waals surface area contributed by atoms with Gasteiger partial charge in [0.25, 0.3) is 0 Å². The first-order valence-corrected chi connectivity index (χ1v) is 4.90. The van der Waals surface area contributed by atoms with E-state index in [1.807, 2.05) is 26.0 Å². The van der Waals surface area contributed by atoms with Gasteiger partial charge in [-0.25, -0.2) is 0 Å². The summed E-state index contributed by atoms with van der Waals surface area (Å²) in [5, 5.41) is 12.9. The van der Waals surface area contributed by atoms with Gasteiger partial charge in [0, 0.05) is 6.04 Å².